The molecule has 0 spiro atoms. The molecule has 0 N–H and O–H groups in total. The van der Waals surface area contributed by atoms with Gasteiger partial charge in [0.15, 0.2) is 11.0 Å². The summed E-state index contributed by atoms with van der Waals surface area (Å²) >= 11 is 7.81. The van der Waals surface area contributed by atoms with Crippen LogP contribution in [0.2, 0.25) is 5.02 Å². The van der Waals surface area contributed by atoms with Crippen LogP contribution in [-0.2, 0) is 4.74 Å². The van der Waals surface area contributed by atoms with Crippen LogP contribution in [0.25, 0.3) is 17.1 Å². The number of benzene rings is 2. The van der Waals surface area contributed by atoms with Crippen molar-refractivity contribution in [2.24, 2.45) is 0 Å². The van der Waals surface area contributed by atoms with Crippen molar-refractivity contribution in [1.82, 2.24) is 19.7 Å². The minimum atomic E-state index is 0.700. The topological polar surface area (TPSA) is 52.4 Å². The van der Waals surface area contributed by atoms with E-state index in [4.69, 9.17) is 21.1 Å². The predicted molar refractivity (Wildman–Crippen MR) is 116 cm³/mol. The van der Waals surface area contributed by atoms with Gasteiger partial charge in [-0.25, -0.2) is 0 Å². The molecule has 1 aliphatic rings. The van der Waals surface area contributed by atoms with Crippen LogP contribution in [0.5, 0.6) is 5.75 Å². The lowest BCUT2D eigenvalue weighted by atomic mass is 10.2. The van der Waals surface area contributed by atoms with E-state index in [0.29, 0.717) is 5.02 Å². The second-order valence-electron chi connectivity index (χ2n) is 6.65. The van der Waals surface area contributed by atoms with Gasteiger partial charge in [0.05, 0.1) is 20.3 Å². The third kappa shape index (κ3) is 4.93. The van der Waals surface area contributed by atoms with Crippen molar-refractivity contribution in [2.45, 2.75) is 5.16 Å². The highest BCUT2D eigenvalue weighted by atomic mass is 35.5. The van der Waals surface area contributed by atoms with E-state index in [1.165, 1.54) is 0 Å². The lowest BCUT2D eigenvalue weighted by molar-refractivity contribution is 0.0410. The molecule has 1 fully saturated rings. The van der Waals surface area contributed by atoms with E-state index >= 15 is 0 Å². The largest absolute Gasteiger partial charge is 0.497 e. The summed E-state index contributed by atoms with van der Waals surface area (Å²) in [4.78, 5) is 2.42. The number of methoxy groups -OCH3 is 1. The molecule has 3 aromatic rings. The fraction of sp³-hybridized carbons (Fsp3) is 0.333. The normalized spacial score (nSPS) is 14.8. The Hall–Kier alpha value is -2.06. The van der Waals surface area contributed by atoms with Crippen molar-refractivity contribution < 1.29 is 9.47 Å². The maximum atomic E-state index is 6.10. The lowest BCUT2D eigenvalue weighted by Crippen LogP contribution is -2.37. The van der Waals surface area contributed by atoms with Crippen LogP contribution >= 0.6 is 23.4 Å². The summed E-state index contributed by atoms with van der Waals surface area (Å²) in [5, 5.41) is 10.5. The van der Waals surface area contributed by atoms with Crippen molar-refractivity contribution in [2.75, 3.05) is 45.7 Å². The molecule has 0 saturated carbocycles. The number of ether oxygens (including phenoxy) is 2. The third-order valence-electron chi connectivity index (χ3n) is 4.79. The monoisotopic (exact) mass is 430 g/mol. The molecular weight excluding hydrogens is 408 g/mol. The van der Waals surface area contributed by atoms with Crippen molar-refractivity contribution in [3.63, 3.8) is 0 Å². The zero-order valence-corrected chi connectivity index (χ0v) is 17.8. The van der Waals surface area contributed by atoms with E-state index in [-0.39, 0.29) is 0 Å². The molecule has 0 amide bonds. The first-order chi connectivity index (χ1) is 14.2. The average Bonchev–Trinajstić information content (AvgIpc) is 3.19. The van der Waals surface area contributed by atoms with E-state index < -0.39 is 0 Å². The standard InChI is InChI=1S/C21H23ClN4O2S/c1-27-19-4-2-3-16(15-19)20-23-24-21(26(20)18-7-5-17(22)6-8-18)29-14-11-25-9-12-28-13-10-25/h2-8,15H,9-14H2,1H3. The number of halogens is 1. The van der Waals surface area contributed by atoms with Crippen LogP contribution in [0.1, 0.15) is 0 Å². The minimum absolute atomic E-state index is 0.700. The third-order valence-corrected chi connectivity index (χ3v) is 5.95. The molecule has 1 aromatic heterocycles. The first-order valence-electron chi connectivity index (χ1n) is 9.53. The highest BCUT2D eigenvalue weighted by molar-refractivity contribution is 7.99. The second-order valence-corrected chi connectivity index (χ2v) is 8.15. The Morgan fingerprint density at radius 1 is 1.10 bits per heavy atom. The van der Waals surface area contributed by atoms with Crippen molar-refractivity contribution in [3.8, 4) is 22.8 Å². The maximum Gasteiger partial charge on any atom is 0.196 e. The van der Waals surface area contributed by atoms with Crippen LogP contribution in [0.3, 0.4) is 0 Å². The van der Waals surface area contributed by atoms with Crippen molar-refractivity contribution >= 4 is 23.4 Å². The van der Waals surface area contributed by atoms with E-state index in [1.807, 2.05) is 48.5 Å². The van der Waals surface area contributed by atoms with Crippen LogP contribution in [-0.4, -0.2) is 65.4 Å². The SMILES string of the molecule is COc1cccc(-c2nnc(SCCN3CCOCC3)n2-c2ccc(Cl)cc2)c1. The Kier molecular flexibility index (Phi) is 6.71. The van der Waals surface area contributed by atoms with Gasteiger partial charge in [-0.1, -0.05) is 35.5 Å². The van der Waals surface area contributed by atoms with Gasteiger partial charge in [-0.05, 0) is 36.4 Å². The first kappa shape index (κ1) is 20.2. The molecule has 2 heterocycles. The van der Waals surface area contributed by atoms with Crippen molar-refractivity contribution in [1.29, 1.82) is 0 Å². The number of rotatable bonds is 7. The fourth-order valence-corrected chi connectivity index (χ4v) is 4.30. The van der Waals surface area contributed by atoms with Crippen LogP contribution in [0.15, 0.2) is 53.7 Å². The summed E-state index contributed by atoms with van der Waals surface area (Å²) in [5.74, 6) is 2.50. The Morgan fingerprint density at radius 3 is 2.66 bits per heavy atom. The predicted octanol–water partition coefficient (Wildman–Crippen LogP) is 4.02. The molecule has 6 nitrogen and oxygen atoms in total. The van der Waals surface area contributed by atoms with Gasteiger partial charge in [-0.3, -0.25) is 9.47 Å². The van der Waals surface area contributed by atoms with Crippen LogP contribution < -0.4 is 4.74 Å². The Labute approximate surface area is 179 Å². The zero-order valence-electron chi connectivity index (χ0n) is 16.3. The second kappa shape index (κ2) is 9.63. The Balaban J connectivity index is 1.62. The van der Waals surface area contributed by atoms with Gasteiger partial charge < -0.3 is 9.47 Å². The summed E-state index contributed by atoms with van der Waals surface area (Å²) in [6.45, 7) is 4.59. The summed E-state index contributed by atoms with van der Waals surface area (Å²) < 4.78 is 12.9. The van der Waals surface area contributed by atoms with Crippen molar-refractivity contribution in [3.05, 3.63) is 53.6 Å². The van der Waals surface area contributed by atoms with Crippen LogP contribution in [0, 0.1) is 0 Å². The molecule has 29 heavy (non-hydrogen) atoms. The molecule has 0 radical (unpaired) electrons. The molecule has 152 valence electrons. The number of morpholine rings is 1. The summed E-state index contributed by atoms with van der Waals surface area (Å²) in [5.41, 5.74) is 1.93. The highest BCUT2D eigenvalue weighted by Crippen LogP contribution is 2.30. The van der Waals surface area contributed by atoms with E-state index in [2.05, 4.69) is 19.7 Å². The molecule has 0 atom stereocenters. The van der Waals surface area contributed by atoms with Crippen LogP contribution in [0.4, 0.5) is 0 Å². The maximum absolute atomic E-state index is 6.10. The summed E-state index contributed by atoms with van der Waals surface area (Å²) in [7, 11) is 1.66. The molecule has 8 heteroatoms. The highest BCUT2D eigenvalue weighted by Gasteiger charge is 2.17. The quantitative estimate of drug-likeness (QED) is 0.528. The van der Waals surface area contributed by atoms with Gasteiger partial charge in [-0.2, -0.15) is 0 Å². The first-order valence-corrected chi connectivity index (χ1v) is 10.9. The van der Waals surface area contributed by atoms with E-state index in [9.17, 15) is 0 Å². The minimum Gasteiger partial charge on any atom is -0.497 e. The van der Waals surface area contributed by atoms with Gasteiger partial charge in [0.1, 0.15) is 5.75 Å². The number of hydrogen-bond acceptors (Lipinski definition) is 6. The molecule has 1 aliphatic heterocycles. The lowest BCUT2D eigenvalue weighted by Gasteiger charge is -2.26. The number of nitrogens with zero attached hydrogens (tertiary/aromatic N) is 4. The zero-order chi connectivity index (χ0) is 20.1. The smallest absolute Gasteiger partial charge is 0.196 e. The molecule has 4 rings (SSSR count). The molecule has 2 aromatic carbocycles. The molecule has 0 bridgehead atoms. The molecule has 1 saturated heterocycles. The van der Waals surface area contributed by atoms with E-state index in [1.54, 1.807) is 18.9 Å². The van der Waals surface area contributed by atoms with Gasteiger partial charge in [-0.15, -0.1) is 10.2 Å². The number of thioether (sulfide) groups is 1. The number of hydrogen-bond donors (Lipinski definition) is 0. The average molecular weight is 431 g/mol. The molecule has 0 aliphatic carbocycles. The van der Waals surface area contributed by atoms with E-state index in [0.717, 1.165) is 66.6 Å². The Morgan fingerprint density at radius 2 is 1.90 bits per heavy atom. The summed E-state index contributed by atoms with van der Waals surface area (Å²) in [6.07, 6.45) is 0. The van der Waals surface area contributed by atoms with Gasteiger partial charge >= 0.3 is 0 Å². The molecular formula is C21H23ClN4O2S. The van der Waals surface area contributed by atoms with Gasteiger partial charge in [0.25, 0.3) is 0 Å². The number of aromatic nitrogens is 3. The van der Waals surface area contributed by atoms with Gasteiger partial charge in [0, 0.05) is 41.7 Å². The van der Waals surface area contributed by atoms with Gasteiger partial charge in [0.2, 0.25) is 0 Å². The Bertz CT molecular complexity index is 942. The fourth-order valence-electron chi connectivity index (χ4n) is 3.23. The molecule has 0 unspecified atom stereocenters. The summed E-state index contributed by atoms with van der Waals surface area (Å²) in [6, 6.07) is 15.6.